The van der Waals surface area contributed by atoms with E-state index in [1.165, 1.54) is 18.2 Å². The van der Waals surface area contributed by atoms with Crippen molar-refractivity contribution in [2.75, 3.05) is 0 Å². The average Bonchev–Trinajstić information content (AvgIpc) is 3.23. The number of hydrogen-bond acceptors (Lipinski definition) is 2. The van der Waals surface area contributed by atoms with Crippen LogP contribution in [0.2, 0.25) is 0 Å². The normalized spacial score (nSPS) is 15.9. The van der Waals surface area contributed by atoms with E-state index in [4.69, 9.17) is 10.5 Å². The van der Waals surface area contributed by atoms with E-state index in [0.717, 1.165) is 18.6 Å². The lowest BCUT2D eigenvalue weighted by Gasteiger charge is -2.15. The summed E-state index contributed by atoms with van der Waals surface area (Å²) in [5.74, 6) is -0.496. The van der Waals surface area contributed by atoms with E-state index in [2.05, 4.69) is 0 Å². The lowest BCUT2D eigenvalue weighted by molar-refractivity contribution is 0.303. The first-order valence-corrected chi connectivity index (χ1v) is 6.61. The number of halogens is 2. The Bertz CT molecular complexity index is 588. The maximum absolute atomic E-state index is 13.7. The Morgan fingerprint density at radius 1 is 1.00 bits per heavy atom. The van der Waals surface area contributed by atoms with E-state index in [1.807, 2.05) is 0 Å². The Kier molecular flexibility index (Phi) is 3.40. The number of ether oxygens (including phenoxy) is 1. The third kappa shape index (κ3) is 2.65. The minimum absolute atomic E-state index is 0.108. The van der Waals surface area contributed by atoms with Crippen LogP contribution in [0.15, 0.2) is 42.5 Å². The lowest BCUT2D eigenvalue weighted by atomic mass is 9.98. The maximum Gasteiger partial charge on any atom is 0.131 e. The first-order valence-electron chi connectivity index (χ1n) is 6.61. The highest BCUT2D eigenvalue weighted by atomic mass is 19.1. The summed E-state index contributed by atoms with van der Waals surface area (Å²) in [6.45, 7) is 0. The number of nitrogens with two attached hydrogens (primary N) is 1. The van der Waals surface area contributed by atoms with Crippen molar-refractivity contribution in [2.45, 2.75) is 25.0 Å². The van der Waals surface area contributed by atoms with Crippen molar-refractivity contribution >= 4 is 0 Å². The molecule has 0 heterocycles. The number of benzene rings is 2. The lowest BCUT2D eigenvalue weighted by Crippen LogP contribution is -2.15. The van der Waals surface area contributed by atoms with Crippen molar-refractivity contribution < 1.29 is 13.5 Å². The Balaban J connectivity index is 1.84. The first-order chi connectivity index (χ1) is 9.65. The minimum Gasteiger partial charge on any atom is -0.490 e. The summed E-state index contributed by atoms with van der Waals surface area (Å²) in [4.78, 5) is 0. The Morgan fingerprint density at radius 2 is 1.60 bits per heavy atom. The van der Waals surface area contributed by atoms with Gasteiger partial charge in [-0.15, -0.1) is 0 Å². The molecule has 0 aliphatic heterocycles. The standard InChI is InChI=1S/C16H15F2NO/c17-13-2-1-3-14(18)15(13)16(19)10-4-6-11(7-5-10)20-12-8-9-12/h1-7,12,16H,8-9,19H2. The van der Waals surface area contributed by atoms with Gasteiger partial charge in [-0.2, -0.15) is 0 Å². The molecule has 1 atom stereocenters. The van der Waals surface area contributed by atoms with E-state index < -0.39 is 17.7 Å². The molecule has 1 unspecified atom stereocenters. The van der Waals surface area contributed by atoms with Crippen LogP contribution in [0.25, 0.3) is 0 Å². The second kappa shape index (κ2) is 5.21. The van der Waals surface area contributed by atoms with Crippen molar-refractivity contribution in [3.8, 4) is 5.75 Å². The van der Waals surface area contributed by atoms with E-state index in [-0.39, 0.29) is 5.56 Å². The average molecular weight is 275 g/mol. The Labute approximate surface area is 116 Å². The molecule has 0 aromatic heterocycles. The van der Waals surface area contributed by atoms with Crippen LogP contribution in [-0.2, 0) is 0 Å². The van der Waals surface area contributed by atoms with Crippen LogP contribution in [0.4, 0.5) is 8.78 Å². The fourth-order valence-electron chi connectivity index (χ4n) is 2.11. The monoisotopic (exact) mass is 275 g/mol. The molecule has 1 fully saturated rings. The van der Waals surface area contributed by atoms with E-state index >= 15 is 0 Å². The molecule has 3 rings (SSSR count). The molecular weight excluding hydrogens is 260 g/mol. The van der Waals surface area contributed by atoms with Crippen LogP contribution in [0.1, 0.15) is 30.0 Å². The molecular formula is C16H15F2NO. The zero-order valence-electron chi connectivity index (χ0n) is 10.9. The van der Waals surface area contributed by atoms with Gasteiger partial charge in [-0.3, -0.25) is 0 Å². The van der Waals surface area contributed by atoms with Crippen molar-refractivity contribution in [2.24, 2.45) is 5.73 Å². The molecule has 0 saturated heterocycles. The van der Waals surface area contributed by atoms with Gasteiger partial charge in [-0.1, -0.05) is 18.2 Å². The summed E-state index contributed by atoms with van der Waals surface area (Å²) < 4.78 is 33.0. The zero-order chi connectivity index (χ0) is 14.1. The van der Waals surface area contributed by atoms with Gasteiger partial charge in [0.25, 0.3) is 0 Å². The van der Waals surface area contributed by atoms with Crippen LogP contribution in [-0.4, -0.2) is 6.10 Å². The summed E-state index contributed by atoms with van der Waals surface area (Å²) in [6.07, 6.45) is 2.49. The van der Waals surface area contributed by atoms with E-state index in [0.29, 0.717) is 11.7 Å². The van der Waals surface area contributed by atoms with Gasteiger partial charge in [0.05, 0.1) is 12.1 Å². The van der Waals surface area contributed by atoms with Gasteiger partial charge < -0.3 is 10.5 Å². The predicted octanol–water partition coefficient (Wildman–Crippen LogP) is 3.55. The largest absolute Gasteiger partial charge is 0.490 e. The van der Waals surface area contributed by atoms with Crippen molar-refractivity contribution in [1.82, 2.24) is 0 Å². The molecule has 1 saturated carbocycles. The summed E-state index contributed by atoms with van der Waals surface area (Å²) in [6, 6.07) is 9.98. The second-order valence-electron chi connectivity index (χ2n) is 5.00. The highest BCUT2D eigenvalue weighted by molar-refractivity contribution is 5.36. The summed E-state index contributed by atoms with van der Waals surface area (Å²) in [5, 5.41) is 0. The molecule has 0 amide bonds. The SMILES string of the molecule is NC(c1ccc(OC2CC2)cc1)c1c(F)cccc1F. The third-order valence-electron chi connectivity index (χ3n) is 3.38. The van der Waals surface area contributed by atoms with Gasteiger partial charge in [-0.05, 0) is 42.7 Å². The maximum atomic E-state index is 13.7. The molecule has 1 aliphatic carbocycles. The van der Waals surface area contributed by atoms with Crippen LogP contribution >= 0.6 is 0 Å². The fraction of sp³-hybridized carbons (Fsp3) is 0.250. The number of hydrogen-bond donors (Lipinski definition) is 1. The van der Waals surface area contributed by atoms with E-state index in [9.17, 15) is 8.78 Å². The van der Waals surface area contributed by atoms with Crippen molar-refractivity contribution in [1.29, 1.82) is 0 Å². The highest BCUT2D eigenvalue weighted by Crippen LogP contribution is 2.29. The summed E-state index contributed by atoms with van der Waals surface area (Å²) >= 11 is 0. The predicted molar refractivity (Wildman–Crippen MR) is 72.5 cm³/mol. The fourth-order valence-corrected chi connectivity index (χ4v) is 2.11. The van der Waals surface area contributed by atoms with E-state index in [1.54, 1.807) is 24.3 Å². The van der Waals surface area contributed by atoms with Crippen LogP contribution in [0.3, 0.4) is 0 Å². The Morgan fingerprint density at radius 3 is 2.15 bits per heavy atom. The summed E-state index contributed by atoms with van der Waals surface area (Å²) in [7, 11) is 0. The molecule has 0 radical (unpaired) electrons. The molecule has 2 aromatic carbocycles. The number of rotatable bonds is 4. The van der Waals surface area contributed by atoms with Gasteiger partial charge in [0, 0.05) is 5.56 Å². The van der Waals surface area contributed by atoms with Crippen molar-refractivity contribution in [3.05, 3.63) is 65.2 Å². The van der Waals surface area contributed by atoms with Gasteiger partial charge in [-0.25, -0.2) is 8.78 Å². The first kappa shape index (κ1) is 13.1. The molecule has 20 heavy (non-hydrogen) atoms. The second-order valence-corrected chi connectivity index (χ2v) is 5.00. The molecule has 1 aliphatic rings. The molecule has 104 valence electrons. The molecule has 0 bridgehead atoms. The third-order valence-corrected chi connectivity index (χ3v) is 3.38. The molecule has 2 N–H and O–H groups in total. The molecule has 2 aromatic rings. The quantitative estimate of drug-likeness (QED) is 0.926. The molecule has 0 spiro atoms. The Hall–Kier alpha value is -1.94. The van der Waals surface area contributed by atoms with Crippen LogP contribution < -0.4 is 10.5 Å². The highest BCUT2D eigenvalue weighted by Gasteiger charge is 2.23. The molecule has 2 nitrogen and oxygen atoms in total. The van der Waals surface area contributed by atoms with Crippen molar-refractivity contribution in [3.63, 3.8) is 0 Å². The van der Waals surface area contributed by atoms with Gasteiger partial charge in [0.1, 0.15) is 17.4 Å². The van der Waals surface area contributed by atoms with Gasteiger partial charge in [0.2, 0.25) is 0 Å². The van der Waals surface area contributed by atoms with Crippen LogP contribution in [0.5, 0.6) is 5.75 Å². The van der Waals surface area contributed by atoms with Gasteiger partial charge in [0.15, 0.2) is 0 Å². The zero-order valence-corrected chi connectivity index (χ0v) is 10.9. The topological polar surface area (TPSA) is 35.2 Å². The molecule has 4 heteroatoms. The van der Waals surface area contributed by atoms with Gasteiger partial charge >= 0.3 is 0 Å². The minimum atomic E-state index is -0.828. The summed E-state index contributed by atoms with van der Waals surface area (Å²) in [5.41, 5.74) is 6.50. The van der Waals surface area contributed by atoms with Crippen LogP contribution in [0, 0.1) is 11.6 Å². The smallest absolute Gasteiger partial charge is 0.131 e.